The molecular formula is C14H28N2O. The third-order valence-electron chi connectivity index (χ3n) is 4.29. The zero-order chi connectivity index (χ0) is 12.1. The van der Waals surface area contributed by atoms with Crippen LogP contribution in [0.3, 0.4) is 0 Å². The van der Waals surface area contributed by atoms with Crippen LogP contribution in [0.4, 0.5) is 0 Å². The Hall–Kier alpha value is -0.120. The summed E-state index contributed by atoms with van der Waals surface area (Å²) in [5, 5.41) is 0. The predicted octanol–water partition coefficient (Wildman–Crippen LogP) is 1.86. The van der Waals surface area contributed by atoms with Crippen molar-refractivity contribution < 1.29 is 4.74 Å². The summed E-state index contributed by atoms with van der Waals surface area (Å²) in [5.74, 6) is 1.64. The van der Waals surface area contributed by atoms with E-state index in [1.165, 1.54) is 51.6 Å². The molecule has 0 aromatic carbocycles. The first-order valence-electron chi connectivity index (χ1n) is 7.26. The normalized spacial score (nSPS) is 35.1. The summed E-state index contributed by atoms with van der Waals surface area (Å²) in [6.45, 7) is 4.41. The molecule has 2 fully saturated rings. The molecule has 1 heterocycles. The second-order valence-corrected chi connectivity index (χ2v) is 6.09. The second-order valence-electron chi connectivity index (χ2n) is 6.09. The number of hydrogen-bond acceptors (Lipinski definition) is 3. The third-order valence-corrected chi connectivity index (χ3v) is 4.29. The molecule has 0 aromatic heterocycles. The molecule has 1 unspecified atom stereocenters. The van der Waals surface area contributed by atoms with E-state index in [0.29, 0.717) is 6.04 Å². The molecular weight excluding hydrogens is 212 g/mol. The quantitative estimate of drug-likeness (QED) is 0.815. The number of rotatable bonds is 4. The minimum atomic E-state index is 0.475. The van der Waals surface area contributed by atoms with Crippen molar-refractivity contribution in [3.63, 3.8) is 0 Å². The summed E-state index contributed by atoms with van der Waals surface area (Å²) in [6.07, 6.45) is 7.70. The van der Waals surface area contributed by atoms with E-state index in [2.05, 4.69) is 11.9 Å². The average Bonchev–Trinajstić information content (AvgIpc) is 2.33. The Morgan fingerprint density at radius 3 is 2.41 bits per heavy atom. The molecule has 100 valence electrons. The van der Waals surface area contributed by atoms with Gasteiger partial charge in [0.25, 0.3) is 0 Å². The first kappa shape index (κ1) is 13.3. The summed E-state index contributed by atoms with van der Waals surface area (Å²) >= 11 is 0. The molecule has 3 nitrogen and oxygen atoms in total. The molecule has 1 atom stereocenters. The van der Waals surface area contributed by atoms with E-state index >= 15 is 0 Å². The summed E-state index contributed by atoms with van der Waals surface area (Å²) < 4.78 is 5.54. The Bertz CT molecular complexity index is 208. The smallest absolute Gasteiger partial charge is 0.0506 e. The van der Waals surface area contributed by atoms with Crippen molar-refractivity contribution in [3.05, 3.63) is 0 Å². The van der Waals surface area contributed by atoms with E-state index in [-0.39, 0.29) is 0 Å². The third kappa shape index (κ3) is 4.57. The summed E-state index contributed by atoms with van der Waals surface area (Å²) in [5.41, 5.74) is 5.95. The highest BCUT2D eigenvalue weighted by Crippen LogP contribution is 2.24. The SMILES string of the molecule is CN(CC1CCC(N)CC1)CC1CCCOC1. The minimum absolute atomic E-state index is 0.475. The van der Waals surface area contributed by atoms with E-state index in [1.807, 2.05) is 0 Å². The van der Waals surface area contributed by atoms with Crippen molar-refractivity contribution in [1.82, 2.24) is 4.90 Å². The molecule has 2 N–H and O–H groups in total. The highest BCUT2D eigenvalue weighted by atomic mass is 16.5. The van der Waals surface area contributed by atoms with Crippen LogP contribution in [0, 0.1) is 11.8 Å². The monoisotopic (exact) mass is 240 g/mol. The van der Waals surface area contributed by atoms with Gasteiger partial charge in [-0.25, -0.2) is 0 Å². The van der Waals surface area contributed by atoms with Crippen LogP contribution >= 0.6 is 0 Å². The molecule has 0 amide bonds. The maximum Gasteiger partial charge on any atom is 0.0506 e. The molecule has 1 saturated heterocycles. The minimum Gasteiger partial charge on any atom is -0.381 e. The van der Waals surface area contributed by atoms with Gasteiger partial charge in [0.15, 0.2) is 0 Å². The van der Waals surface area contributed by atoms with Crippen LogP contribution in [0.1, 0.15) is 38.5 Å². The lowest BCUT2D eigenvalue weighted by molar-refractivity contribution is 0.0392. The number of hydrogen-bond donors (Lipinski definition) is 1. The maximum atomic E-state index is 5.95. The fraction of sp³-hybridized carbons (Fsp3) is 1.00. The zero-order valence-electron chi connectivity index (χ0n) is 11.2. The average molecular weight is 240 g/mol. The second kappa shape index (κ2) is 6.72. The molecule has 2 rings (SSSR count). The number of nitrogens with zero attached hydrogens (tertiary/aromatic N) is 1. The molecule has 1 saturated carbocycles. The van der Waals surface area contributed by atoms with Gasteiger partial charge < -0.3 is 15.4 Å². The first-order valence-corrected chi connectivity index (χ1v) is 7.26. The van der Waals surface area contributed by atoms with Crippen LogP contribution in [0.15, 0.2) is 0 Å². The van der Waals surface area contributed by atoms with Gasteiger partial charge in [0.05, 0.1) is 6.61 Å². The molecule has 0 radical (unpaired) electrons. The van der Waals surface area contributed by atoms with Gasteiger partial charge in [0.1, 0.15) is 0 Å². The highest BCUT2D eigenvalue weighted by Gasteiger charge is 2.21. The summed E-state index contributed by atoms with van der Waals surface area (Å²) in [4.78, 5) is 2.51. The van der Waals surface area contributed by atoms with Crippen molar-refractivity contribution in [2.24, 2.45) is 17.6 Å². The largest absolute Gasteiger partial charge is 0.381 e. The predicted molar refractivity (Wildman–Crippen MR) is 71.0 cm³/mol. The molecule has 1 aliphatic carbocycles. The molecule has 0 bridgehead atoms. The maximum absolute atomic E-state index is 5.95. The van der Waals surface area contributed by atoms with E-state index in [9.17, 15) is 0 Å². The number of ether oxygens (including phenoxy) is 1. The van der Waals surface area contributed by atoms with Gasteiger partial charge in [-0.15, -0.1) is 0 Å². The molecule has 17 heavy (non-hydrogen) atoms. The van der Waals surface area contributed by atoms with Crippen molar-refractivity contribution >= 4 is 0 Å². The van der Waals surface area contributed by atoms with Gasteiger partial charge in [-0.3, -0.25) is 0 Å². The van der Waals surface area contributed by atoms with E-state index in [4.69, 9.17) is 10.5 Å². The Balaban J connectivity index is 1.64. The molecule has 3 heteroatoms. The standard InChI is InChI=1S/C14H28N2O/c1-16(10-13-3-2-8-17-11-13)9-12-4-6-14(15)7-5-12/h12-14H,2-11,15H2,1H3. The van der Waals surface area contributed by atoms with Gasteiger partial charge in [0.2, 0.25) is 0 Å². The van der Waals surface area contributed by atoms with Crippen LogP contribution in [-0.4, -0.2) is 44.3 Å². The van der Waals surface area contributed by atoms with Crippen LogP contribution in [0.2, 0.25) is 0 Å². The van der Waals surface area contributed by atoms with E-state index < -0.39 is 0 Å². The van der Waals surface area contributed by atoms with Crippen LogP contribution < -0.4 is 5.73 Å². The molecule has 2 aliphatic rings. The lowest BCUT2D eigenvalue weighted by Crippen LogP contribution is -2.36. The summed E-state index contributed by atoms with van der Waals surface area (Å²) in [6, 6.07) is 0.475. The topological polar surface area (TPSA) is 38.5 Å². The van der Waals surface area contributed by atoms with Crippen LogP contribution in [0.25, 0.3) is 0 Å². The van der Waals surface area contributed by atoms with E-state index in [0.717, 1.165) is 25.0 Å². The van der Waals surface area contributed by atoms with Gasteiger partial charge in [0, 0.05) is 25.7 Å². The van der Waals surface area contributed by atoms with E-state index in [1.54, 1.807) is 0 Å². The Labute approximate surface area is 106 Å². The zero-order valence-corrected chi connectivity index (χ0v) is 11.2. The molecule has 0 spiro atoms. The van der Waals surface area contributed by atoms with Crippen molar-refractivity contribution in [2.75, 3.05) is 33.4 Å². The lowest BCUT2D eigenvalue weighted by Gasteiger charge is -2.32. The fourth-order valence-electron chi connectivity index (χ4n) is 3.28. The molecule has 1 aliphatic heterocycles. The van der Waals surface area contributed by atoms with Crippen LogP contribution in [0.5, 0.6) is 0 Å². The fourth-order valence-corrected chi connectivity index (χ4v) is 3.28. The van der Waals surface area contributed by atoms with Gasteiger partial charge in [-0.05, 0) is 57.4 Å². The number of nitrogens with two attached hydrogens (primary N) is 1. The van der Waals surface area contributed by atoms with Gasteiger partial charge in [-0.1, -0.05) is 0 Å². The first-order chi connectivity index (χ1) is 8.24. The van der Waals surface area contributed by atoms with Crippen molar-refractivity contribution in [3.8, 4) is 0 Å². The van der Waals surface area contributed by atoms with Gasteiger partial charge in [-0.2, -0.15) is 0 Å². The van der Waals surface area contributed by atoms with Crippen LogP contribution in [-0.2, 0) is 4.74 Å². The summed E-state index contributed by atoms with van der Waals surface area (Å²) in [7, 11) is 2.27. The lowest BCUT2D eigenvalue weighted by atomic mass is 9.86. The van der Waals surface area contributed by atoms with Crippen molar-refractivity contribution in [1.29, 1.82) is 0 Å². The Kier molecular flexibility index (Phi) is 5.26. The van der Waals surface area contributed by atoms with Gasteiger partial charge >= 0.3 is 0 Å². The Morgan fingerprint density at radius 1 is 1.06 bits per heavy atom. The highest BCUT2D eigenvalue weighted by molar-refractivity contribution is 4.77. The Morgan fingerprint density at radius 2 is 1.76 bits per heavy atom. The molecule has 0 aromatic rings. The van der Waals surface area contributed by atoms with Crippen molar-refractivity contribution in [2.45, 2.75) is 44.6 Å².